The fraction of sp³-hybridized carbons (Fsp3) is 0.800. The first-order valence-electron chi connectivity index (χ1n) is 5.32. The van der Waals surface area contributed by atoms with Crippen molar-refractivity contribution < 1.29 is 8.42 Å². The molecule has 0 unspecified atom stereocenters. The van der Waals surface area contributed by atoms with E-state index in [-0.39, 0.29) is 6.04 Å². The molecular formula is C10H17NO2S. The van der Waals surface area contributed by atoms with Crippen LogP contribution in [-0.2, 0) is 9.84 Å². The summed E-state index contributed by atoms with van der Waals surface area (Å²) >= 11 is 0. The van der Waals surface area contributed by atoms with E-state index in [1.165, 1.54) is 31.1 Å². The Morgan fingerprint density at radius 3 is 2.21 bits per heavy atom. The maximum absolute atomic E-state index is 11.3. The summed E-state index contributed by atoms with van der Waals surface area (Å²) in [6.45, 7) is 2.12. The standard InChI is InChI=1S/C10H17NO2S/c12-14(13)8-5-10(9-14)11-6-3-1-2-4-7-11/h5,8,10H,1-4,6-7,9H2/t10-/m0/s1. The van der Waals surface area contributed by atoms with Crippen LogP contribution in [0.2, 0.25) is 0 Å². The summed E-state index contributed by atoms with van der Waals surface area (Å²) in [6.07, 6.45) is 6.86. The Kier molecular flexibility index (Phi) is 2.93. The number of sulfone groups is 1. The zero-order valence-electron chi connectivity index (χ0n) is 8.35. The molecule has 1 atom stereocenters. The van der Waals surface area contributed by atoms with Crippen LogP contribution in [0, 0.1) is 0 Å². The molecule has 80 valence electrons. The van der Waals surface area contributed by atoms with Crippen molar-refractivity contribution in [2.24, 2.45) is 0 Å². The number of rotatable bonds is 1. The van der Waals surface area contributed by atoms with Gasteiger partial charge in [-0.05, 0) is 25.9 Å². The van der Waals surface area contributed by atoms with Crippen LogP contribution in [0.3, 0.4) is 0 Å². The van der Waals surface area contributed by atoms with Gasteiger partial charge in [0.15, 0.2) is 9.84 Å². The van der Waals surface area contributed by atoms with Crippen LogP contribution in [0.1, 0.15) is 25.7 Å². The van der Waals surface area contributed by atoms with Crippen molar-refractivity contribution >= 4 is 9.84 Å². The van der Waals surface area contributed by atoms with E-state index in [4.69, 9.17) is 0 Å². The molecule has 0 aliphatic carbocycles. The summed E-state index contributed by atoms with van der Waals surface area (Å²) in [6, 6.07) is 0.151. The Labute approximate surface area is 85.7 Å². The SMILES string of the molecule is O=S1(=O)C=C[C@H](N2CCCCCC2)C1. The molecule has 0 aromatic carbocycles. The number of hydrogen-bond acceptors (Lipinski definition) is 3. The average Bonchev–Trinajstić information content (AvgIpc) is 2.42. The second-order valence-corrected chi connectivity index (χ2v) is 6.11. The summed E-state index contributed by atoms with van der Waals surface area (Å²) < 4.78 is 22.5. The van der Waals surface area contributed by atoms with Gasteiger partial charge in [-0.25, -0.2) is 8.42 Å². The van der Waals surface area contributed by atoms with E-state index in [1.54, 1.807) is 0 Å². The van der Waals surface area contributed by atoms with Gasteiger partial charge in [0, 0.05) is 11.4 Å². The third-order valence-electron chi connectivity index (χ3n) is 3.02. The van der Waals surface area contributed by atoms with E-state index >= 15 is 0 Å². The van der Waals surface area contributed by atoms with E-state index in [1.807, 2.05) is 6.08 Å². The highest BCUT2D eigenvalue weighted by atomic mass is 32.2. The van der Waals surface area contributed by atoms with Crippen molar-refractivity contribution in [1.82, 2.24) is 4.90 Å². The maximum Gasteiger partial charge on any atom is 0.173 e. The highest BCUT2D eigenvalue weighted by Crippen LogP contribution is 2.18. The first-order valence-corrected chi connectivity index (χ1v) is 7.04. The molecule has 2 aliphatic rings. The predicted molar refractivity (Wildman–Crippen MR) is 56.8 cm³/mol. The monoisotopic (exact) mass is 215 g/mol. The summed E-state index contributed by atoms with van der Waals surface area (Å²) in [4.78, 5) is 2.31. The topological polar surface area (TPSA) is 37.4 Å². The molecule has 2 aliphatic heterocycles. The van der Waals surface area contributed by atoms with E-state index in [0.29, 0.717) is 5.75 Å². The van der Waals surface area contributed by atoms with Gasteiger partial charge in [-0.2, -0.15) is 0 Å². The molecule has 1 saturated heterocycles. The van der Waals surface area contributed by atoms with Gasteiger partial charge >= 0.3 is 0 Å². The minimum absolute atomic E-state index is 0.151. The summed E-state index contributed by atoms with van der Waals surface area (Å²) in [5, 5.41) is 1.38. The lowest BCUT2D eigenvalue weighted by atomic mass is 10.2. The molecule has 0 aromatic heterocycles. The van der Waals surface area contributed by atoms with E-state index < -0.39 is 9.84 Å². The van der Waals surface area contributed by atoms with Crippen LogP contribution in [0.5, 0.6) is 0 Å². The van der Waals surface area contributed by atoms with E-state index in [9.17, 15) is 8.42 Å². The predicted octanol–water partition coefficient (Wildman–Crippen LogP) is 1.17. The van der Waals surface area contributed by atoms with E-state index in [0.717, 1.165) is 13.1 Å². The molecule has 0 amide bonds. The van der Waals surface area contributed by atoms with Crippen molar-refractivity contribution in [3.63, 3.8) is 0 Å². The Morgan fingerprint density at radius 1 is 1.07 bits per heavy atom. The molecule has 0 aromatic rings. The highest BCUT2D eigenvalue weighted by molar-refractivity contribution is 7.94. The molecule has 0 bridgehead atoms. The minimum atomic E-state index is -2.88. The highest BCUT2D eigenvalue weighted by Gasteiger charge is 2.26. The quantitative estimate of drug-likeness (QED) is 0.659. The van der Waals surface area contributed by atoms with Gasteiger partial charge in [-0.3, -0.25) is 4.90 Å². The van der Waals surface area contributed by atoms with Gasteiger partial charge in [0.1, 0.15) is 0 Å². The zero-order valence-corrected chi connectivity index (χ0v) is 9.17. The largest absolute Gasteiger partial charge is 0.296 e. The second kappa shape index (κ2) is 4.03. The lowest BCUT2D eigenvalue weighted by Crippen LogP contribution is -2.36. The van der Waals surface area contributed by atoms with Gasteiger partial charge in [0.05, 0.1) is 5.75 Å². The molecular weight excluding hydrogens is 198 g/mol. The average molecular weight is 215 g/mol. The number of likely N-dealkylation sites (tertiary alicyclic amines) is 1. The summed E-state index contributed by atoms with van der Waals surface area (Å²) in [5.74, 6) is 0.299. The fourth-order valence-electron chi connectivity index (χ4n) is 2.21. The molecule has 2 heterocycles. The van der Waals surface area contributed by atoms with Crippen molar-refractivity contribution in [1.29, 1.82) is 0 Å². The van der Waals surface area contributed by atoms with Crippen LogP contribution in [0.25, 0.3) is 0 Å². The van der Waals surface area contributed by atoms with Crippen LogP contribution in [0.15, 0.2) is 11.5 Å². The van der Waals surface area contributed by atoms with Crippen LogP contribution in [0.4, 0.5) is 0 Å². The Hall–Kier alpha value is -0.350. The van der Waals surface area contributed by atoms with Crippen LogP contribution >= 0.6 is 0 Å². The van der Waals surface area contributed by atoms with Crippen molar-refractivity contribution in [3.8, 4) is 0 Å². The Balaban J connectivity index is 1.99. The van der Waals surface area contributed by atoms with E-state index in [2.05, 4.69) is 4.90 Å². The lowest BCUT2D eigenvalue weighted by molar-refractivity contribution is 0.255. The van der Waals surface area contributed by atoms with Gasteiger partial charge in [-0.15, -0.1) is 0 Å². The molecule has 0 N–H and O–H groups in total. The third kappa shape index (κ3) is 2.36. The maximum atomic E-state index is 11.3. The minimum Gasteiger partial charge on any atom is -0.296 e. The molecule has 4 heteroatoms. The summed E-state index contributed by atoms with van der Waals surface area (Å²) in [5.41, 5.74) is 0. The lowest BCUT2D eigenvalue weighted by Gasteiger charge is -2.24. The Morgan fingerprint density at radius 2 is 1.71 bits per heavy atom. The number of nitrogens with zero attached hydrogens (tertiary/aromatic N) is 1. The van der Waals surface area contributed by atoms with Crippen LogP contribution in [-0.4, -0.2) is 38.2 Å². The molecule has 1 fully saturated rings. The van der Waals surface area contributed by atoms with Gasteiger partial charge in [-0.1, -0.05) is 18.9 Å². The van der Waals surface area contributed by atoms with Gasteiger partial charge < -0.3 is 0 Å². The molecule has 0 spiro atoms. The third-order valence-corrected chi connectivity index (χ3v) is 4.40. The molecule has 14 heavy (non-hydrogen) atoms. The molecule has 0 saturated carbocycles. The zero-order chi connectivity index (χ0) is 10.0. The molecule has 2 rings (SSSR count). The van der Waals surface area contributed by atoms with Gasteiger partial charge in [0.2, 0.25) is 0 Å². The van der Waals surface area contributed by atoms with Crippen LogP contribution < -0.4 is 0 Å². The summed E-state index contributed by atoms with van der Waals surface area (Å²) in [7, 11) is -2.88. The first-order chi connectivity index (χ1) is 6.67. The normalized spacial score (nSPS) is 33.0. The number of hydrogen-bond donors (Lipinski definition) is 0. The molecule has 3 nitrogen and oxygen atoms in total. The molecule has 0 radical (unpaired) electrons. The van der Waals surface area contributed by atoms with Crippen molar-refractivity contribution in [2.45, 2.75) is 31.7 Å². The van der Waals surface area contributed by atoms with Crippen molar-refractivity contribution in [2.75, 3.05) is 18.8 Å². The first kappa shape index (κ1) is 10.2. The smallest absolute Gasteiger partial charge is 0.173 e. The fourth-order valence-corrected chi connectivity index (χ4v) is 3.54. The second-order valence-electron chi connectivity index (χ2n) is 4.18. The Bertz CT molecular complexity index is 313. The van der Waals surface area contributed by atoms with Gasteiger partial charge in [0.25, 0.3) is 0 Å². The van der Waals surface area contributed by atoms with Crippen molar-refractivity contribution in [3.05, 3.63) is 11.5 Å².